The van der Waals surface area contributed by atoms with Gasteiger partial charge in [0.1, 0.15) is 0 Å². The molecule has 0 bridgehead atoms. The summed E-state index contributed by atoms with van der Waals surface area (Å²) in [5.74, 6) is 0.226. The molecule has 2 aromatic rings. The summed E-state index contributed by atoms with van der Waals surface area (Å²) in [4.78, 5) is 29.2. The molecule has 5 heteroatoms. The minimum atomic E-state index is -0.366. The van der Waals surface area contributed by atoms with Crippen molar-refractivity contribution in [2.24, 2.45) is 0 Å². The van der Waals surface area contributed by atoms with Crippen LogP contribution in [0.5, 0.6) is 0 Å². The third-order valence-electron chi connectivity index (χ3n) is 7.04. The van der Waals surface area contributed by atoms with Gasteiger partial charge in [-0.05, 0) is 61.6 Å². The lowest BCUT2D eigenvalue weighted by Crippen LogP contribution is -2.47. The maximum absolute atomic E-state index is 13.7. The summed E-state index contributed by atoms with van der Waals surface area (Å²) >= 11 is 1.72. The average Bonchev–Trinajstić information content (AvgIpc) is 3.24. The van der Waals surface area contributed by atoms with Crippen molar-refractivity contribution in [2.45, 2.75) is 67.5 Å². The number of thioether (sulfide) groups is 1. The van der Waals surface area contributed by atoms with Crippen LogP contribution >= 0.6 is 11.8 Å². The van der Waals surface area contributed by atoms with E-state index >= 15 is 0 Å². The van der Waals surface area contributed by atoms with Crippen LogP contribution in [0.3, 0.4) is 0 Å². The molecule has 0 radical (unpaired) electrons. The van der Waals surface area contributed by atoms with Crippen molar-refractivity contribution in [1.82, 2.24) is 10.2 Å². The fourth-order valence-electron chi connectivity index (χ4n) is 5.27. The Labute approximate surface area is 207 Å². The number of nitrogens with one attached hydrogen (secondary N) is 1. The van der Waals surface area contributed by atoms with Gasteiger partial charge in [0.2, 0.25) is 11.8 Å². The summed E-state index contributed by atoms with van der Waals surface area (Å²) in [5.41, 5.74) is 1.95. The molecule has 4 rings (SSSR count). The van der Waals surface area contributed by atoms with E-state index in [1.165, 1.54) is 10.5 Å². The number of nitrogens with zero attached hydrogens (tertiary/aromatic N) is 1. The van der Waals surface area contributed by atoms with E-state index in [0.29, 0.717) is 19.3 Å². The summed E-state index contributed by atoms with van der Waals surface area (Å²) in [6.07, 6.45) is 13.0. The van der Waals surface area contributed by atoms with Gasteiger partial charge in [-0.1, -0.05) is 60.7 Å². The predicted molar refractivity (Wildman–Crippen MR) is 140 cm³/mol. The fraction of sp³-hybridized carbons (Fsp3) is 0.379. The number of amides is 2. The van der Waals surface area contributed by atoms with Crippen LogP contribution in [0.4, 0.5) is 0 Å². The van der Waals surface area contributed by atoms with E-state index in [9.17, 15) is 9.59 Å². The minimum absolute atomic E-state index is 0.0689. The number of hydrogen-bond donors (Lipinski definition) is 1. The van der Waals surface area contributed by atoms with Crippen LogP contribution in [0.1, 0.15) is 55.7 Å². The molecule has 2 amide bonds. The van der Waals surface area contributed by atoms with Gasteiger partial charge in [-0.15, -0.1) is 18.3 Å². The van der Waals surface area contributed by atoms with Gasteiger partial charge in [0.15, 0.2) is 0 Å². The molecule has 1 N–H and O–H groups in total. The Morgan fingerprint density at radius 1 is 1.21 bits per heavy atom. The van der Waals surface area contributed by atoms with Crippen LogP contribution < -0.4 is 5.32 Å². The molecule has 1 fully saturated rings. The molecule has 3 atom stereocenters. The Morgan fingerprint density at radius 3 is 2.62 bits per heavy atom. The zero-order valence-electron chi connectivity index (χ0n) is 19.9. The summed E-state index contributed by atoms with van der Waals surface area (Å²) in [6.45, 7) is 3.92. The van der Waals surface area contributed by atoms with Crippen LogP contribution in [0, 0.1) is 0 Å². The van der Waals surface area contributed by atoms with Crippen molar-refractivity contribution in [3.05, 3.63) is 90.5 Å². The van der Waals surface area contributed by atoms with E-state index in [1.54, 1.807) is 11.8 Å². The van der Waals surface area contributed by atoms with E-state index in [2.05, 4.69) is 71.6 Å². The second-order valence-corrected chi connectivity index (χ2v) is 10.2. The van der Waals surface area contributed by atoms with Crippen LogP contribution in [-0.4, -0.2) is 34.6 Å². The summed E-state index contributed by atoms with van der Waals surface area (Å²) < 4.78 is 0. The molecule has 4 nitrogen and oxygen atoms in total. The normalized spacial score (nSPS) is 24.1. The second-order valence-electron chi connectivity index (χ2n) is 9.35. The highest BCUT2D eigenvalue weighted by Crippen LogP contribution is 2.35. The molecule has 0 saturated carbocycles. The van der Waals surface area contributed by atoms with Gasteiger partial charge in [0, 0.05) is 29.3 Å². The molecule has 178 valence electrons. The minimum Gasteiger partial charge on any atom is -0.350 e. The van der Waals surface area contributed by atoms with E-state index in [4.69, 9.17) is 0 Å². The Morgan fingerprint density at radius 2 is 1.97 bits per heavy atom. The largest absolute Gasteiger partial charge is 0.350 e. The zero-order chi connectivity index (χ0) is 24.0. The molecule has 0 unspecified atom stereocenters. The van der Waals surface area contributed by atoms with Gasteiger partial charge in [-0.25, -0.2) is 0 Å². The number of carbonyl (C=O) groups is 2. The Balaban J connectivity index is 1.52. The van der Waals surface area contributed by atoms with Crippen molar-refractivity contribution >= 4 is 23.6 Å². The van der Waals surface area contributed by atoms with Gasteiger partial charge in [-0.2, -0.15) is 0 Å². The summed E-state index contributed by atoms with van der Waals surface area (Å²) in [7, 11) is 0. The SMILES string of the molecule is C=CC[C@@H]1CC=C[C@@H](c2ccccc2)N1C(=O)CC[C@]1(Cc2ccc(SC)cc2)CCC(=O)N1. The van der Waals surface area contributed by atoms with Crippen molar-refractivity contribution in [1.29, 1.82) is 0 Å². The first-order chi connectivity index (χ1) is 16.5. The molecule has 2 aliphatic rings. The van der Waals surface area contributed by atoms with Crippen LogP contribution in [0.2, 0.25) is 0 Å². The quantitative estimate of drug-likeness (QED) is 0.366. The number of rotatable bonds is 9. The molecular formula is C29H34N2O2S. The number of carbonyl (C=O) groups excluding carboxylic acids is 2. The van der Waals surface area contributed by atoms with E-state index in [-0.39, 0.29) is 29.4 Å². The summed E-state index contributed by atoms with van der Waals surface area (Å²) in [5, 5.41) is 3.24. The highest BCUT2D eigenvalue weighted by molar-refractivity contribution is 7.98. The Bertz CT molecular complexity index is 1030. The molecule has 2 aliphatic heterocycles. The first-order valence-corrected chi connectivity index (χ1v) is 13.3. The van der Waals surface area contributed by atoms with Crippen molar-refractivity contribution in [3.63, 3.8) is 0 Å². The van der Waals surface area contributed by atoms with E-state index in [0.717, 1.165) is 31.2 Å². The highest BCUT2D eigenvalue weighted by atomic mass is 32.2. The van der Waals surface area contributed by atoms with Crippen molar-refractivity contribution < 1.29 is 9.59 Å². The maximum atomic E-state index is 13.7. The Kier molecular flexibility index (Phi) is 7.94. The van der Waals surface area contributed by atoms with Crippen LogP contribution in [0.25, 0.3) is 0 Å². The van der Waals surface area contributed by atoms with Crippen LogP contribution in [0.15, 0.2) is 84.3 Å². The fourth-order valence-corrected chi connectivity index (χ4v) is 5.68. The van der Waals surface area contributed by atoms with Gasteiger partial charge in [-0.3, -0.25) is 9.59 Å². The van der Waals surface area contributed by atoms with E-state index < -0.39 is 0 Å². The lowest BCUT2D eigenvalue weighted by molar-refractivity contribution is -0.136. The molecule has 2 aromatic carbocycles. The lowest BCUT2D eigenvalue weighted by Gasteiger charge is -2.40. The van der Waals surface area contributed by atoms with E-state index in [1.807, 2.05) is 24.3 Å². The third kappa shape index (κ3) is 5.64. The topological polar surface area (TPSA) is 49.4 Å². The monoisotopic (exact) mass is 474 g/mol. The summed E-state index contributed by atoms with van der Waals surface area (Å²) in [6, 6.07) is 18.8. The van der Waals surface area contributed by atoms with Crippen LogP contribution in [-0.2, 0) is 16.0 Å². The van der Waals surface area contributed by atoms with Gasteiger partial charge >= 0.3 is 0 Å². The first kappa shape index (κ1) is 24.3. The van der Waals surface area contributed by atoms with Gasteiger partial charge in [0.05, 0.1) is 6.04 Å². The molecule has 2 heterocycles. The lowest BCUT2D eigenvalue weighted by atomic mass is 9.84. The van der Waals surface area contributed by atoms with Crippen molar-refractivity contribution in [2.75, 3.05) is 6.26 Å². The molecule has 0 aliphatic carbocycles. The van der Waals surface area contributed by atoms with Gasteiger partial charge in [0.25, 0.3) is 0 Å². The highest BCUT2D eigenvalue weighted by Gasteiger charge is 2.39. The number of hydrogen-bond acceptors (Lipinski definition) is 3. The average molecular weight is 475 g/mol. The third-order valence-corrected chi connectivity index (χ3v) is 7.79. The zero-order valence-corrected chi connectivity index (χ0v) is 20.7. The molecule has 0 aromatic heterocycles. The first-order valence-electron chi connectivity index (χ1n) is 12.1. The molecular weight excluding hydrogens is 440 g/mol. The molecule has 1 saturated heterocycles. The Hall–Kier alpha value is -2.79. The standard InChI is InChI=1S/C29H34N2O2S/c1-3-8-24-11-7-12-26(23-9-5-4-6-10-23)31(24)28(33)18-20-29(19-17-27(32)30-29)21-22-13-15-25(34-2)16-14-22/h3-7,9-10,12-16,24,26H,1,8,11,17-21H2,2H3,(H,30,32)/t24-,26+,29+/m1/s1. The van der Waals surface area contributed by atoms with Gasteiger partial charge < -0.3 is 10.2 Å². The maximum Gasteiger partial charge on any atom is 0.223 e. The van der Waals surface area contributed by atoms with Crippen molar-refractivity contribution in [3.8, 4) is 0 Å². The predicted octanol–water partition coefficient (Wildman–Crippen LogP) is 5.85. The number of benzene rings is 2. The second kappa shape index (κ2) is 11.1. The smallest absolute Gasteiger partial charge is 0.223 e. The molecule has 0 spiro atoms. The molecule has 34 heavy (non-hydrogen) atoms.